The van der Waals surface area contributed by atoms with Gasteiger partial charge < -0.3 is 0 Å². The van der Waals surface area contributed by atoms with Crippen LogP contribution in [-0.4, -0.2) is 19.6 Å². The molecule has 0 spiro atoms. The molecule has 2 aromatic carbocycles. The minimum atomic E-state index is -4.47. The van der Waals surface area contributed by atoms with Crippen molar-refractivity contribution in [2.75, 3.05) is 0 Å². The second kappa shape index (κ2) is 6.80. The number of hydrogen-bond donors (Lipinski definition) is 0. The number of hydrogen-bond acceptors (Lipinski definition) is 3. The predicted molar refractivity (Wildman–Crippen MR) is 97.4 cm³/mol. The fourth-order valence-electron chi connectivity index (χ4n) is 2.84. The molecule has 4 aromatic rings. The Balaban J connectivity index is 1.83. The van der Waals surface area contributed by atoms with Crippen LogP contribution in [0.25, 0.3) is 22.6 Å². The van der Waals surface area contributed by atoms with Gasteiger partial charge in [-0.2, -0.15) is 23.4 Å². The highest BCUT2D eigenvalue weighted by atomic mass is 19.4. The molecule has 0 aliphatic carbocycles. The lowest BCUT2D eigenvalue weighted by atomic mass is 10.2. The molecule has 140 valence electrons. The number of rotatable bonds is 3. The quantitative estimate of drug-likeness (QED) is 0.536. The molecular weight excluding hydrogens is 369 g/mol. The summed E-state index contributed by atoms with van der Waals surface area (Å²) in [5.74, 6) is 0. The van der Waals surface area contributed by atoms with Gasteiger partial charge in [0.1, 0.15) is 0 Å². The van der Waals surface area contributed by atoms with Gasteiger partial charge in [0.2, 0.25) is 5.43 Å². The van der Waals surface area contributed by atoms with Crippen molar-refractivity contribution in [3.8, 4) is 22.6 Å². The van der Waals surface area contributed by atoms with Crippen LogP contribution in [0.2, 0.25) is 0 Å². The summed E-state index contributed by atoms with van der Waals surface area (Å²) in [5.41, 5.74) is 0.585. The van der Waals surface area contributed by atoms with E-state index >= 15 is 0 Å². The maximum Gasteiger partial charge on any atom is 0.416 e. The predicted octanol–water partition coefficient (Wildman–Crippen LogP) is 4.10. The summed E-state index contributed by atoms with van der Waals surface area (Å²) < 4.78 is 41.8. The maximum atomic E-state index is 13.0. The van der Waals surface area contributed by atoms with E-state index in [4.69, 9.17) is 0 Å². The highest BCUT2D eigenvalue weighted by Gasteiger charge is 2.30. The fraction of sp³-hybridized carbons (Fsp3) is 0.0500. The van der Waals surface area contributed by atoms with Crippen molar-refractivity contribution in [3.63, 3.8) is 0 Å². The number of halogens is 3. The van der Waals surface area contributed by atoms with Crippen LogP contribution in [0, 0.1) is 0 Å². The zero-order chi connectivity index (χ0) is 19.7. The Morgan fingerprint density at radius 2 is 1.61 bits per heavy atom. The van der Waals surface area contributed by atoms with Gasteiger partial charge in [-0.3, -0.25) is 4.79 Å². The Labute approximate surface area is 157 Å². The third-order valence-electron chi connectivity index (χ3n) is 4.17. The fourth-order valence-corrected chi connectivity index (χ4v) is 2.84. The third kappa shape index (κ3) is 3.32. The van der Waals surface area contributed by atoms with E-state index in [-0.39, 0.29) is 16.7 Å². The van der Waals surface area contributed by atoms with E-state index in [0.717, 1.165) is 24.0 Å². The Kier molecular flexibility index (Phi) is 4.31. The van der Waals surface area contributed by atoms with Gasteiger partial charge in [0.25, 0.3) is 0 Å². The van der Waals surface area contributed by atoms with Gasteiger partial charge in [-0.15, -0.1) is 0 Å². The van der Waals surface area contributed by atoms with Crippen molar-refractivity contribution in [2.24, 2.45) is 0 Å². The van der Waals surface area contributed by atoms with Crippen LogP contribution in [0.5, 0.6) is 0 Å². The minimum absolute atomic E-state index is 0.196. The molecule has 2 aromatic heterocycles. The number of nitrogens with zero attached hydrogens (tertiary/aromatic N) is 4. The number of aromatic nitrogens is 4. The lowest BCUT2D eigenvalue weighted by Crippen LogP contribution is -2.14. The summed E-state index contributed by atoms with van der Waals surface area (Å²) in [6, 6.07) is 15.6. The topological polar surface area (TPSA) is 52.7 Å². The molecular formula is C20H13F3N4O. The average molecular weight is 382 g/mol. The number of para-hydroxylation sites is 1. The molecule has 28 heavy (non-hydrogen) atoms. The van der Waals surface area contributed by atoms with E-state index in [1.807, 2.05) is 30.3 Å². The molecule has 2 heterocycles. The molecule has 0 saturated heterocycles. The summed E-state index contributed by atoms with van der Waals surface area (Å²) in [4.78, 5) is 12.4. The number of benzene rings is 2. The van der Waals surface area contributed by atoms with Crippen LogP contribution < -0.4 is 5.43 Å². The summed E-state index contributed by atoms with van der Waals surface area (Å²) in [6.07, 6.45) is -0.424. The summed E-state index contributed by atoms with van der Waals surface area (Å²) in [6.45, 7) is 0. The normalized spacial score (nSPS) is 11.5. The van der Waals surface area contributed by atoms with E-state index in [1.54, 1.807) is 16.9 Å². The Hall–Kier alpha value is -3.68. The molecule has 8 heteroatoms. The van der Waals surface area contributed by atoms with Gasteiger partial charge in [-0.25, -0.2) is 9.36 Å². The standard InChI is InChI=1S/C20H13F3N4O/c21-20(22,23)14-5-4-8-16(11-14)26-13-17(19(28)12-25-26)18-9-10-24-27(18)15-6-2-1-3-7-15/h1-13H. The first-order valence-electron chi connectivity index (χ1n) is 8.30. The van der Waals surface area contributed by atoms with Crippen LogP contribution in [0.1, 0.15) is 5.56 Å². The molecule has 4 rings (SSSR count). The van der Waals surface area contributed by atoms with Crippen molar-refractivity contribution >= 4 is 0 Å². The van der Waals surface area contributed by atoms with Gasteiger partial charge in [-0.1, -0.05) is 24.3 Å². The lowest BCUT2D eigenvalue weighted by molar-refractivity contribution is -0.137. The zero-order valence-corrected chi connectivity index (χ0v) is 14.3. The monoisotopic (exact) mass is 382 g/mol. The summed E-state index contributed by atoms with van der Waals surface area (Å²) in [5, 5.41) is 8.20. The molecule has 5 nitrogen and oxygen atoms in total. The molecule has 0 fully saturated rings. The van der Waals surface area contributed by atoms with Crippen LogP contribution in [0.4, 0.5) is 13.2 Å². The first kappa shape index (κ1) is 17.7. The van der Waals surface area contributed by atoms with E-state index in [0.29, 0.717) is 5.69 Å². The smallest absolute Gasteiger partial charge is 0.287 e. The minimum Gasteiger partial charge on any atom is -0.287 e. The molecule has 0 saturated carbocycles. The second-order valence-corrected chi connectivity index (χ2v) is 6.01. The maximum absolute atomic E-state index is 13.0. The van der Waals surface area contributed by atoms with Crippen molar-refractivity contribution in [1.82, 2.24) is 19.6 Å². The molecule has 0 aliphatic heterocycles. The van der Waals surface area contributed by atoms with Crippen LogP contribution in [0.3, 0.4) is 0 Å². The van der Waals surface area contributed by atoms with E-state index < -0.39 is 11.7 Å². The number of alkyl halides is 3. The molecule has 0 amide bonds. The lowest BCUT2D eigenvalue weighted by Gasteiger charge is -2.12. The molecule has 0 radical (unpaired) electrons. The van der Waals surface area contributed by atoms with Crippen LogP contribution in [0.15, 0.2) is 84.0 Å². The Morgan fingerprint density at radius 1 is 0.857 bits per heavy atom. The van der Waals surface area contributed by atoms with Crippen LogP contribution >= 0.6 is 0 Å². The molecule has 0 aliphatic rings. The SMILES string of the molecule is O=c1cnn(-c2cccc(C(F)(F)F)c2)cc1-c1ccnn1-c1ccccc1. The molecule has 0 bridgehead atoms. The second-order valence-electron chi connectivity index (χ2n) is 6.01. The molecule has 0 N–H and O–H groups in total. The van der Waals surface area contributed by atoms with Crippen molar-refractivity contribution in [2.45, 2.75) is 6.18 Å². The van der Waals surface area contributed by atoms with Crippen molar-refractivity contribution in [1.29, 1.82) is 0 Å². The van der Waals surface area contributed by atoms with Crippen LogP contribution in [-0.2, 0) is 6.18 Å². The van der Waals surface area contributed by atoms with E-state index in [2.05, 4.69) is 10.2 Å². The first-order valence-corrected chi connectivity index (χ1v) is 8.30. The van der Waals surface area contributed by atoms with Crippen molar-refractivity contribution < 1.29 is 13.2 Å². The molecule has 0 unspecified atom stereocenters. The highest BCUT2D eigenvalue weighted by Crippen LogP contribution is 2.30. The van der Waals surface area contributed by atoms with E-state index in [1.165, 1.54) is 23.0 Å². The highest BCUT2D eigenvalue weighted by molar-refractivity contribution is 5.61. The summed E-state index contributed by atoms with van der Waals surface area (Å²) >= 11 is 0. The third-order valence-corrected chi connectivity index (χ3v) is 4.17. The Bertz CT molecular complexity index is 1180. The summed E-state index contributed by atoms with van der Waals surface area (Å²) in [7, 11) is 0. The molecule has 0 atom stereocenters. The Morgan fingerprint density at radius 3 is 2.36 bits per heavy atom. The van der Waals surface area contributed by atoms with Gasteiger partial charge in [0.15, 0.2) is 0 Å². The largest absolute Gasteiger partial charge is 0.416 e. The average Bonchev–Trinajstić information content (AvgIpc) is 3.18. The first-order chi connectivity index (χ1) is 13.4. The van der Waals surface area contributed by atoms with Gasteiger partial charge in [-0.05, 0) is 36.4 Å². The van der Waals surface area contributed by atoms with Gasteiger partial charge >= 0.3 is 6.18 Å². The van der Waals surface area contributed by atoms with Gasteiger partial charge in [0.05, 0.1) is 40.6 Å². The van der Waals surface area contributed by atoms with Crippen molar-refractivity contribution in [3.05, 3.63) is 95.0 Å². The zero-order valence-electron chi connectivity index (χ0n) is 14.3. The van der Waals surface area contributed by atoms with Gasteiger partial charge in [0, 0.05) is 6.20 Å². The van der Waals surface area contributed by atoms with E-state index in [9.17, 15) is 18.0 Å².